The number of fused-ring (bicyclic) bond motifs is 3. The number of nitrogens with zero attached hydrogens (tertiary/aromatic N) is 5. The number of thioether (sulfide) groups is 1. The fourth-order valence-electron chi connectivity index (χ4n) is 4.13. The number of hydrogen-bond donors (Lipinski definition) is 1. The lowest BCUT2D eigenvalue weighted by Crippen LogP contribution is -2.47. The van der Waals surface area contributed by atoms with Crippen molar-refractivity contribution in [1.29, 1.82) is 0 Å². The Kier molecular flexibility index (Phi) is 5.50. The summed E-state index contributed by atoms with van der Waals surface area (Å²) >= 11 is 1.69. The normalized spacial score (nSPS) is 22.3. The predicted molar refractivity (Wildman–Crippen MR) is 126 cm³/mol. The maximum Gasteiger partial charge on any atom is 0.224 e. The van der Waals surface area contributed by atoms with Crippen molar-refractivity contribution in [2.24, 2.45) is 9.98 Å². The Morgan fingerprint density at radius 2 is 2.00 bits per heavy atom. The maximum absolute atomic E-state index is 5.98. The van der Waals surface area contributed by atoms with E-state index in [-0.39, 0.29) is 11.3 Å². The Morgan fingerprint density at radius 1 is 1.23 bits per heavy atom. The summed E-state index contributed by atoms with van der Waals surface area (Å²) in [5.41, 5.74) is 4.14. The third-order valence-electron chi connectivity index (χ3n) is 5.73. The first-order valence-corrected chi connectivity index (χ1v) is 11.6. The van der Waals surface area contributed by atoms with Gasteiger partial charge in [0.1, 0.15) is 16.3 Å². The van der Waals surface area contributed by atoms with Gasteiger partial charge >= 0.3 is 0 Å². The molecule has 3 aliphatic rings. The minimum absolute atomic E-state index is 0.00741. The number of aryl methyl sites for hydroxylation is 1. The van der Waals surface area contributed by atoms with Gasteiger partial charge in [-0.15, -0.1) is 0 Å². The summed E-state index contributed by atoms with van der Waals surface area (Å²) in [6, 6.07) is 8.08. The average molecular weight is 435 g/mol. The van der Waals surface area contributed by atoms with Crippen molar-refractivity contribution in [3.63, 3.8) is 0 Å². The van der Waals surface area contributed by atoms with Crippen molar-refractivity contribution in [3.8, 4) is 11.4 Å². The molecule has 8 heteroatoms. The topological polar surface area (TPSA) is 75.0 Å². The number of benzene rings is 1. The zero-order valence-corrected chi connectivity index (χ0v) is 18.7. The molecule has 1 aromatic carbocycles. The number of aliphatic imine (C=N–C) groups is 2. The van der Waals surface area contributed by atoms with Gasteiger partial charge in [0.15, 0.2) is 5.82 Å². The first-order chi connectivity index (χ1) is 15.2. The second kappa shape index (κ2) is 8.43. The van der Waals surface area contributed by atoms with Crippen molar-refractivity contribution in [2.45, 2.75) is 30.2 Å². The molecule has 160 valence electrons. The first-order valence-electron chi connectivity index (χ1n) is 10.7. The van der Waals surface area contributed by atoms with Crippen LogP contribution in [0.1, 0.15) is 29.8 Å². The van der Waals surface area contributed by atoms with Crippen LogP contribution in [0.25, 0.3) is 17.5 Å². The van der Waals surface area contributed by atoms with Crippen molar-refractivity contribution in [2.75, 3.05) is 32.8 Å². The van der Waals surface area contributed by atoms with Crippen LogP contribution in [0.4, 0.5) is 0 Å². The van der Waals surface area contributed by atoms with Crippen LogP contribution in [0.15, 0.2) is 45.9 Å². The summed E-state index contributed by atoms with van der Waals surface area (Å²) in [5.74, 6) is 2.25. The van der Waals surface area contributed by atoms with Gasteiger partial charge in [-0.25, -0.2) is 15.0 Å². The molecule has 2 unspecified atom stereocenters. The van der Waals surface area contributed by atoms with E-state index in [4.69, 9.17) is 24.7 Å². The van der Waals surface area contributed by atoms with Gasteiger partial charge in [-0.2, -0.15) is 4.99 Å². The van der Waals surface area contributed by atoms with Crippen molar-refractivity contribution in [1.82, 2.24) is 20.2 Å². The van der Waals surface area contributed by atoms with Crippen LogP contribution < -0.4 is 5.32 Å². The number of nitrogens with one attached hydrogen (secondary N) is 1. The molecular weight excluding hydrogens is 408 g/mol. The molecule has 0 saturated carbocycles. The third-order valence-corrected chi connectivity index (χ3v) is 6.97. The van der Waals surface area contributed by atoms with Crippen LogP contribution >= 0.6 is 11.8 Å². The summed E-state index contributed by atoms with van der Waals surface area (Å²) in [5, 5.41) is 4.37. The number of ether oxygens (including phenoxy) is 1. The second-order valence-corrected chi connectivity index (χ2v) is 8.84. The molecule has 2 aromatic rings. The molecule has 1 fully saturated rings. The largest absolute Gasteiger partial charge is 0.480 e. The van der Waals surface area contributed by atoms with Gasteiger partial charge in [0, 0.05) is 43.0 Å². The Bertz CT molecular complexity index is 1060. The van der Waals surface area contributed by atoms with Crippen LogP contribution in [0, 0.1) is 6.92 Å². The molecule has 1 saturated heterocycles. The quantitative estimate of drug-likeness (QED) is 0.747. The van der Waals surface area contributed by atoms with Crippen LogP contribution in [0.3, 0.4) is 0 Å². The number of aromatic nitrogens is 2. The molecule has 0 bridgehead atoms. The van der Waals surface area contributed by atoms with Gasteiger partial charge in [-0.05, 0) is 19.4 Å². The first kappa shape index (κ1) is 20.2. The molecule has 1 aromatic heterocycles. The summed E-state index contributed by atoms with van der Waals surface area (Å²) in [6.07, 6.45) is 1.84. The van der Waals surface area contributed by atoms with E-state index in [2.05, 4.69) is 23.7 Å². The van der Waals surface area contributed by atoms with E-state index in [1.54, 1.807) is 11.8 Å². The molecule has 31 heavy (non-hydrogen) atoms. The lowest BCUT2D eigenvalue weighted by Gasteiger charge is -2.32. The highest BCUT2D eigenvalue weighted by Crippen LogP contribution is 2.49. The summed E-state index contributed by atoms with van der Waals surface area (Å²) in [4.78, 5) is 21.9. The van der Waals surface area contributed by atoms with Gasteiger partial charge in [0.25, 0.3) is 0 Å². The fraction of sp³-hybridized carbons (Fsp3) is 0.391. The number of hydrogen-bond acceptors (Lipinski definition) is 8. The molecule has 3 aliphatic heterocycles. The third kappa shape index (κ3) is 3.74. The summed E-state index contributed by atoms with van der Waals surface area (Å²) < 4.78 is 5.98. The minimum Gasteiger partial charge on any atom is -0.480 e. The predicted octanol–water partition coefficient (Wildman–Crippen LogP) is 3.32. The van der Waals surface area contributed by atoms with Crippen LogP contribution in [0.5, 0.6) is 0 Å². The van der Waals surface area contributed by atoms with E-state index >= 15 is 0 Å². The zero-order valence-electron chi connectivity index (χ0n) is 17.8. The smallest absolute Gasteiger partial charge is 0.224 e. The highest BCUT2D eigenvalue weighted by molar-refractivity contribution is 8.01. The molecule has 2 atom stereocenters. The van der Waals surface area contributed by atoms with E-state index in [1.165, 1.54) is 0 Å². The minimum atomic E-state index is -0.0684. The molecule has 7 nitrogen and oxygen atoms in total. The van der Waals surface area contributed by atoms with E-state index in [0.717, 1.165) is 71.3 Å². The van der Waals surface area contributed by atoms with Gasteiger partial charge in [-0.1, -0.05) is 48.7 Å². The number of guanidine groups is 1. The lowest BCUT2D eigenvalue weighted by atomic mass is 10.0. The zero-order chi connectivity index (χ0) is 21.4. The highest BCUT2D eigenvalue weighted by Gasteiger charge is 2.44. The molecule has 0 aliphatic carbocycles. The highest BCUT2D eigenvalue weighted by atomic mass is 32.2. The maximum atomic E-state index is 5.98. The molecule has 0 amide bonds. The van der Waals surface area contributed by atoms with Gasteiger partial charge < -0.3 is 15.0 Å². The number of piperazine rings is 1. The summed E-state index contributed by atoms with van der Waals surface area (Å²) in [6.45, 7) is 12.1. The fourth-order valence-corrected chi connectivity index (χ4v) is 5.45. The van der Waals surface area contributed by atoms with Crippen molar-refractivity contribution in [3.05, 3.63) is 47.7 Å². The van der Waals surface area contributed by atoms with Crippen molar-refractivity contribution < 1.29 is 4.74 Å². The van der Waals surface area contributed by atoms with Crippen LogP contribution in [-0.4, -0.2) is 64.8 Å². The Hall–Kier alpha value is -2.71. The Labute approximate surface area is 186 Å². The molecule has 0 spiro atoms. The van der Waals surface area contributed by atoms with Gasteiger partial charge in [-0.3, -0.25) is 0 Å². The van der Waals surface area contributed by atoms with Crippen LogP contribution in [-0.2, 0) is 4.74 Å². The van der Waals surface area contributed by atoms with Crippen molar-refractivity contribution >= 4 is 29.7 Å². The molecule has 4 heterocycles. The number of rotatable bonds is 3. The summed E-state index contributed by atoms with van der Waals surface area (Å²) in [7, 11) is 0. The van der Waals surface area contributed by atoms with E-state index in [1.807, 2.05) is 37.3 Å². The molecular formula is C23H26N6OS. The van der Waals surface area contributed by atoms with E-state index in [9.17, 15) is 0 Å². The molecule has 0 radical (unpaired) electrons. The molecule has 1 N–H and O–H groups in total. The van der Waals surface area contributed by atoms with E-state index in [0.29, 0.717) is 6.61 Å². The SMILES string of the molecule is C=Cc1ccc(-c2nc(C)c3c(n2)SC2C(OCC)=NC(N4CCNCC4)=NC32)cc1. The monoisotopic (exact) mass is 434 g/mol. The molecule has 5 rings (SSSR count). The Balaban J connectivity index is 1.52. The van der Waals surface area contributed by atoms with Gasteiger partial charge in [0.2, 0.25) is 11.9 Å². The standard InChI is InChI=1S/C23H26N6OS/c1-4-15-6-8-16(9-7-15)20-25-14(3)17-18-19(31-22(17)27-20)21(30-5-2)28-23(26-18)29-12-10-24-11-13-29/h4,6-9,18-19,24H,1,5,10-13H2,2-3H3. The lowest BCUT2D eigenvalue weighted by molar-refractivity contribution is 0.309. The van der Waals surface area contributed by atoms with Crippen LogP contribution in [0.2, 0.25) is 0 Å². The Morgan fingerprint density at radius 3 is 2.71 bits per heavy atom. The van der Waals surface area contributed by atoms with Gasteiger partial charge in [0.05, 0.1) is 6.61 Å². The van der Waals surface area contributed by atoms with E-state index < -0.39 is 0 Å². The average Bonchev–Trinajstić information content (AvgIpc) is 3.19. The second-order valence-electron chi connectivity index (χ2n) is 7.71.